The second-order valence-corrected chi connectivity index (χ2v) is 6.65. The van der Waals surface area contributed by atoms with Crippen LogP contribution in [0, 0.1) is 20.8 Å². The van der Waals surface area contributed by atoms with E-state index >= 15 is 0 Å². The standard InChI is InChI=1S/C21H22N4O2/c1-13-8-10-17(11-9-13)19-12-22-25(21(27)24-19)16(4)20(26)23-18-7-5-6-14(2)15(18)3/h5-12,16H,1-4H3,(H,23,26). The number of aromatic nitrogens is 3. The van der Waals surface area contributed by atoms with Crippen LogP contribution in [0.1, 0.15) is 29.7 Å². The van der Waals surface area contributed by atoms with Crippen LogP contribution in [-0.2, 0) is 4.79 Å². The monoisotopic (exact) mass is 362 g/mol. The molecule has 1 N–H and O–H groups in total. The summed E-state index contributed by atoms with van der Waals surface area (Å²) in [6.45, 7) is 7.54. The van der Waals surface area contributed by atoms with Gasteiger partial charge in [-0.1, -0.05) is 42.0 Å². The first-order valence-corrected chi connectivity index (χ1v) is 8.77. The molecule has 0 aliphatic rings. The molecule has 0 bridgehead atoms. The molecule has 1 aromatic heterocycles. The Bertz CT molecular complexity index is 1040. The van der Waals surface area contributed by atoms with Crippen molar-refractivity contribution in [1.82, 2.24) is 14.8 Å². The summed E-state index contributed by atoms with van der Waals surface area (Å²) in [5.41, 5.74) is 4.66. The molecule has 0 spiro atoms. The van der Waals surface area contributed by atoms with Crippen molar-refractivity contribution >= 4 is 11.6 Å². The Morgan fingerprint density at radius 2 is 1.78 bits per heavy atom. The number of rotatable bonds is 4. The van der Waals surface area contributed by atoms with E-state index in [1.54, 1.807) is 6.92 Å². The molecule has 1 unspecified atom stereocenters. The molecule has 0 saturated carbocycles. The predicted octanol–water partition coefficient (Wildman–Crippen LogP) is 3.43. The number of hydrogen-bond acceptors (Lipinski definition) is 4. The van der Waals surface area contributed by atoms with Crippen molar-refractivity contribution in [2.75, 3.05) is 5.32 Å². The molecular formula is C21H22N4O2. The molecule has 3 rings (SSSR count). The lowest BCUT2D eigenvalue weighted by atomic mass is 10.1. The van der Waals surface area contributed by atoms with Crippen LogP contribution in [0.3, 0.4) is 0 Å². The van der Waals surface area contributed by atoms with Gasteiger partial charge in [-0.2, -0.15) is 10.1 Å². The molecule has 2 aromatic carbocycles. The van der Waals surface area contributed by atoms with Crippen molar-refractivity contribution in [3.05, 3.63) is 75.8 Å². The van der Waals surface area contributed by atoms with Crippen LogP contribution >= 0.6 is 0 Å². The summed E-state index contributed by atoms with van der Waals surface area (Å²) in [4.78, 5) is 29.1. The summed E-state index contributed by atoms with van der Waals surface area (Å²) in [7, 11) is 0. The lowest BCUT2D eigenvalue weighted by molar-refractivity contribution is -0.119. The van der Waals surface area contributed by atoms with Crippen molar-refractivity contribution < 1.29 is 4.79 Å². The Morgan fingerprint density at radius 3 is 2.44 bits per heavy atom. The van der Waals surface area contributed by atoms with Gasteiger partial charge in [0.2, 0.25) is 5.91 Å². The van der Waals surface area contributed by atoms with Crippen molar-refractivity contribution in [2.24, 2.45) is 0 Å². The third-order valence-electron chi connectivity index (χ3n) is 4.67. The fourth-order valence-corrected chi connectivity index (χ4v) is 2.71. The van der Waals surface area contributed by atoms with E-state index in [1.807, 2.05) is 63.2 Å². The number of carbonyl (C=O) groups is 1. The van der Waals surface area contributed by atoms with E-state index in [2.05, 4.69) is 15.4 Å². The Balaban J connectivity index is 1.83. The van der Waals surface area contributed by atoms with Gasteiger partial charge in [-0.3, -0.25) is 4.79 Å². The highest BCUT2D eigenvalue weighted by Crippen LogP contribution is 2.19. The fraction of sp³-hybridized carbons (Fsp3) is 0.238. The second kappa shape index (κ2) is 7.53. The van der Waals surface area contributed by atoms with Gasteiger partial charge in [0, 0.05) is 11.3 Å². The molecule has 6 nitrogen and oxygen atoms in total. The van der Waals surface area contributed by atoms with Gasteiger partial charge in [-0.25, -0.2) is 9.48 Å². The van der Waals surface area contributed by atoms with Crippen LogP contribution in [0.5, 0.6) is 0 Å². The van der Waals surface area contributed by atoms with Gasteiger partial charge >= 0.3 is 5.69 Å². The SMILES string of the molecule is Cc1ccc(-c2cnn(C(C)C(=O)Nc3cccc(C)c3C)c(=O)n2)cc1. The van der Waals surface area contributed by atoms with E-state index in [4.69, 9.17) is 0 Å². The predicted molar refractivity (Wildman–Crippen MR) is 106 cm³/mol. The number of nitrogens with one attached hydrogen (secondary N) is 1. The Hall–Kier alpha value is -3.28. The average Bonchev–Trinajstić information content (AvgIpc) is 2.65. The van der Waals surface area contributed by atoms with Crippen LogP contribution in [0.2, 0.25) is 0 Å². The number of amides is 1. The van der Waals surface area contributed by atoms with Crippen molar-refractivity contribution in [3.63, 3.8) is 0 Å². The van der Waals surface area contributed by atoms with Crippen LogP contribution in [0.15, 0.2) is 53.5 Å². The summed E-state index contributed by atoms with van der Waals surface area (Å²) in [5, 5.41) is 7.02. The maximum Gasteiger partial charge on any atom is 0.365 e. The topological polar surface area (TPSA) is 76.9 Å². The van der Waals surface area contributed by atoms with Gasteiger partial charge in [0.15, 0.2) is 0 Å². The van der Waals surface area contributed by atoms with E-state index in [-0.39, 0.29) is 5.91 Å². The van der Waals surface area contributed by atoms with Gasteiger partial charge < -0.3 is 5.32 Å². The van der Waals surface area contributed by atoms with E-state index < -0.39 is 11.7 Å². The molecule has 3 aromatic rings. The normalized spacial score (nSPS) is 11.9. The smallest absolute Gasteiger partial charge is 0.324 e. The van der Waals surface area contributed by atoms with Crippen LogP contribution < -0.4 is 11.0 Å². The second-order valence-electron chi connectivity index (χ2n) is 6.65. The fourth-order valence-electron chi connectivity index (χ4n) is 2.71. The lowest BCUT2D eigenvalue weighted by Gasteiger charge is -2.15. The molecule has 0 saturated heterocycles. The zero-order valence-corrected chi connectivity index (χ0v) is 15.9. The first-order valence-electron chi connectivity index (χ1n) is 8.77. The number of nitrogens with zero attached hydrogens (tertiary/aromatic N) is 3. The average molecular weight is 362 g/mol. The van der Waals surface area contributed by atoms with Crippen LogP contribution in [-0.4, -0.2) is 20.7 Å². The van der Waals surface area contributed by atoms with Gasteiger partial charge in [0.05, 0.1) is 11.9 Å². The largest absolute Gasteiger partial charge is 0.365 e. The first-order chi connectivity index (χ1) is 12.9. The Morgan fingerprint density at radius 1 is 1.07 bits per heavy atom. The van der Waals surface area contributed by atoms with Crippen molar-refractivity contribution in [1.29, 1.82) is 0 Å². The quantitative estimate of drug-likeness (QED) is 0.771. The number of hydrogen-bond donors (Lipinski definition) is 1. The minimum atomic E-state index is -0.781. The van der Waals surface area contributed by atoms with Crippen molar-refractivity contribution in [3.8, 4) is 11.3 Å². The Labute approximate surface area is 157 Å². The van der Waals surface area contributed by atoms with Gasteiger partial charge in [-0.15, -0.1) is 0 Å². The zero-order chi connectivity index (χ0) is 19.6. The molecular weight excluding hydrogens is 340 g/mol. The molecule has 0 aliphatic carbocycles. The molecule has 1 atom stereocenters. The van der Waals surface area contributed by atoms with E-state index in [0.29, 0.717) is 5.69 Å². The highest BCUT2D eigenvalue weighted by Gasteiger charge is 2.19. The third-order valence-corrected chi connectivity index (χ3v) is 4.67. The number of carbonyl (C=O) groups excluding carboxylic acids is 1. The summed E-state index contributed by atoms with van der Waals surface area (Å²) < 4.78 is 1.10. The van der Waals surface area contributed by atoms with Gasteiger partial charge in [-0.05, 0) is 44.9 Å². The molecule has 138 valence electrons. The number of aryl methyl sites for hydroxylation is 2. The summed E-state index contributed by atoms with van der Waals surface area (Å²) in [6.07, 6.45) is 1.51. The highest BCUT2D eigenvalue weighted by atomic mass is 16.2. The molecule has 0 fully saturated rings. The van der Waals surface area contributed by atoms with E-state index in [1.165, 1.54) is 6.20 Å². The molecule has 1 heterocycles. The maximum absolute atomic E-state index is 12.6. The van der Waals surface area contributed by atoms with Crippen LogP contribution in [0.4, 0.5) is 5.69 Å². The zero-order valence-electron chi connectivity index (χ0n) is 15.9. The Kier molecular flexibility index (Phi) is 5.16. The summed E-state index contributed by atoms with van der Waals surface area (Å²) in [5.74, 6) is -0.316. The molecule has 0 aliphatic heterocycles. The van der Waals surface area contributed by atoms with Crippen LogP contribution in [0.25, 0.3) is 11.3 Å². The molecule has 1 amide bonds. The van der Waals surface area contributed by atoms with E-state index in [9.17, 15) is 9.59 Å². The summed E-state index contributed by atoms with van der Waals surface area (Å²) in [6, 6.07) is 12.6. The number of benzene rings is 2. The van der Waals surface area contributed by atoms with E-state index in [0.717, 1.165) is 32.6 Å². The number of anilines is 1. The minimum absolute atomic E-state index is 0.316. The minimum Gasteiger partial charge on any atom is -0.324 e. The van der Waals surface area contributed by atoms with Gasteiger partial charge in [0.25, 0.3) is 0 Å². The molecule has 6 heteroatoms. The first kappa shape index (κ1) is 18.5. The van der Waals surface area contributed by atoms with Crippen molar-refractivity contribution in [2.45, 2.75) is 33.7 Å². The lowest BCUT2D eigenvalue weighted by Crippen LogP contribution is -2.35. The highest BCUT2D eigenvalue weighted by molar-refractivity contribution is 5.94. The third kappa shape index (κ3) is 3.95. The molecule has 0 radical (unpaired) electrons. The van der Waals surface area contributed by atoms with Gasteiger partial charge in [0.1, 0.15) is 6.04 Å². The maximum atomic E-state index is 12.6. The molecule has 27 heavy (non-hydrogen) atoms. The summed E-state index contributed by atoms with van der Waals surface area (Å²) >= 11 is 0.